The molecule has 0 bridgehead atoms. The average molecular weight is 372 g/mol. The fraction of sp³-hybridized carbons (Fsp3) is 0.136. The normalized spacial score (nSPS) is 12.7. The minimum absolute atomic E-state index is 0.194. The van der Waals surface area contributed by atoms with Gasteiger partial charge in [-0.15, -0.1) is 0 Å². The van der Waals surface area contributed by atoms with E-state index in [0.717, 1.165) is 34.0 Å². The molecule has 0 spiro atoms. The van der Waals surface area contributed by atoms with Crippen LogP contribution >= 0.6 is 0 Å². The second-order valence-electron chi connectivity index (χ2n) is 6.81. The van der Waals surface area contributed by atoms with Crippen molar-refractivity contribution in [3.8, 4) is 0 Å². The van der Waals surface area contributed by atoms with Crippen molar-refractivity contribution < 1.29 is 10.0 Å². The average Bonchev–Trinajstić information content (AvgIpc) is 2.88. The molecule has 2 heterocycles. The van der Waals surface area contributed by atoms with E-state index in [1.54, 1.807) is 23.8 Å². The Morgan fingerprint density at radius 2 is 1.79 bits per heavy atom. The number of rotatable bonds is 3. The van der Waals surface area contributed by atoms with Crippen molar-refractivity contribution in [3.05, 3.63) is 83.6 Å². The molecule has 0 radical (unpaired) electrons. The summed E-state index contributed by atoms with van der Waals surface area (Å²) in [5.74, 6) is 0.297. The summed E-state index contributed by atoms with van der Waals surface area (Å²) in [5.41, 5.74) is 6.46. The summed E-state index contributed by atoms with van der Waals surface area (Å²) in [5, 5.41) is 8.83. The summed E-state index contributed by atoms with van der Waals surface area (Å²) < 4.78 is 0. The molecule has 1 aliphatic heterocycles. The zero-order chi connectivity index (χ0) is 19.7. The Bertz CT molecular complexity index is 1060. The molecule has 0 saturated heterocycles. The molecule has 4 rings (SSSR count). The molecule has 1 aromatic heterocycles. The summed E-state index contributed by atoms with van der Waals surface area (Å²) in [6, 6.07) is 19.1. The van der Waals surface area contributed by atoms with Gasteiger partial charge in [-0.05, 0) is 50.2 Å². The lowest BCUT2D eigenvalue weighted by Crippen LogP contribution is -2.27. The van der Waals surface area contributed by atoms with Gasteiger partial charge < -0.3 is 4.90 Å². The van der Waals surface area contributed by atoms with E-state index in [2.05, 4.69) is 29.8 Å². The van der Waals surface area contributed by atoms with Gasteiger partial charge in [0.25, 0.3) is 5.91 Å². The first-order chi connectivity index (χ1) is 13.6. The summed E-state index contributed by atoms with van der Waals surface area (Å²) in [6.07, 6.45) is 1.79. The molecule has 0 unspecified atom stereocenters. The maximum atomic E-state index is 11.6. The van der Waals surface area contributed by atoms with Gasteiger partial charge in [-0.1, -0.05) is 24.3 Å². The molecule has 3 aromatic rings. The predicted octanol–water partition coefficient (Wildman–Crippen LogP) is 4.23. The van der Waals surface area contributed by atoms with Gasteiger partial charge in [-0.2, -0.15) is 0 Å². The van der Waals surface area contributed by atoms with Gasteiger partial charge in [0.1, 0.15) is 5.82 Å². The maximum Gasteiger partial charge on any atom is 0.274 e. The van der Waals surface area contributed by atoms with Crippen LogP contribution in [0.4, 0.5) is 17.2 Å². The molecule has 0 aliphatic carbocycles. The fourth-order valence-electron chi connectivity index (χ4n) is 3.42. The molecule has 2 aromatic carbocycles. The van der Waals surface area contributed by atoms with E-state index >= 15 is 0 Å². The van der Waals surface area contributed by atoms with E-state index < -0.39 is 5.91 Å². The van der Waals surface area contributed by atoms with Gasteiger partial charge in [0.15, 0.2) is 0 Å². The standard InChI is InChI=1S/C22H20N4O2/c1-14(2)26-19-8-4-3-7-18(19)24-20(17-6-5-13-23-21(17)26)15-9-11-16(12-10-15)22(27)25-28/h3-14,28H,1-2H3,(H,25,27). The Morgan fingerprint density at radius 1 is 1.04 bits per heavy atom. The Balaban J connectivity index is 1.93. The minimum Gasteiger partial charge on any atom is -0.321 e. The van der Waals surface area contributed by atoms with Crippen molar-refractivity contribution in [2.24, 2.45) is 4.99 Å². The van der Waals surface area contributed by atoms with Crippen molar-refractivity contribution in [3.63, 3.8) is 0 Å². The molecule has 2 N–H and O–H groups in total. The lowest BCUT2D eigenvalue weighted by Gasteiger charge is -2.29. The first-order valence-corrected chi connectivity index (χ1v) is 9.07. The zero-order valence-electron chi connectivity index (χ0n) is 15.6. The minimum atomic E-state index is -0.548. The maximum absolute atomic E-state index is 11.6. The molecule has 0 fully saturated rings. The van der Waals surface area contributed by atoms with E-state index in [4.69, 9.17) is 10.2 Å². The van der Waals surface area contributed by atoms with E-state index in [9.17, 15) is 4.79 Å². The Hall–Kier alpha value is -3.51. The summed E-state index contributed by atoms with van der Waals surface area (Å²) in [4.78, 5) is 23.4. The number of hydrogen-bond donors (Lipinski definition) is 2. The molecule has 6 heteroatoms. The lowest BCUT2D eigenvalue weighted by molar-refractivity contribution is 0.0706. The number of benzene rings is 2. The Morgan fingerprint density at radius 3 is 2.50 bits per heavy atom. The Kier molecular flexibility index (Phi) is 4.63. The van der Waals surface area contributed by atoms with Crippen LogP contribution in [0.25, 0.3) is 0 Å². The highest BCUT2D eigenvalue weighted by Crippen LogP contribution is 2.40. The predicted molar refractivity (Wildman–Crippen MR) is 109 cm³/mol. The first kappa shape index (κ1) is 17.9. The number of anilines is 2. The molecule has 6 nitrogen and oxygen atoms in total. The molecular formula is C22H20N4O2. The van der Waals surface area contributed by atoms with Gasteiger partial charge >= 0.3 is 0 Å². The number of aromatic nitrogens is 1. The van der Waals surface area contributed by atoms with Crippen LogP contribution in [-0.4, -0.2) is 27.9 Å². The Labute approximate surface area is 163 Å². The monoisotopic (exact) mass is 372 g/mol. The van der Waals surface area contributed by atoms with E-state index in [0.29, 0.717) is 5.56 Å². The smallest absolute Gasteiger partial charge is 0.274 e. The third kappa shape index (κ3) is 3.04. The third-order valence-electron chi connectivity index (χ3n) is 4.68. The van der Waals surface area contributed by atoms with Crippen LogP contribution in [0.3, 0.4) is 0 Å². The van der Waals surface area contributed by atoms with Crippen LogP contribution in [0.1, 0.15) is 35.3 Å². The number of hydroxylamine groups is 1. The second-order valence-corrected chi connectivity index (χ2v) is 6.81. The molecule has 0 saturated carbocycles. The zero-order valence-corrected chi connectivity index (χ0v) is 15.6. The van der Waals surface area contributed by atoms with Gasteiger partial charge in [0, 0.05) is 28.9 Å². The van der Waals surface area contributed by atoms with Crippen LogP contribution in [0, 0.1) is 0 Å². The van der Waals surface area contributed by atoms with E-state index in [1.807, 2.05) is 42.5 Å². The summed E-state index contributed by atoms with van der Waals surface area (Å²) >= 11 is 0. The molecule has 1 amide bonds. The van der Waals surface area contributed by atoms with E-state index in [-0.39, 0.29) is 6.04 Å². The van der Waals surface area contributed by atoms with Crippen LogP contribution in [0.15, 0.2) is 71.9 Å². The number of carbonyl (C=O) groups excluding carboxylic acids is 1. The summed E-state index contributed by atoms with van der Waals surface area (Å²) in [6.45, 7) is 4.26. The third-order valence-corrected chi connectivity index (χ3v) is 4.68. The SMILES string of the molecule is CC(C)N1c2ccccc2N=C(c2ccc(C(=O)NO)cc2)c2cccnc21. The van der Waals surface area contributed by atoms with Crippen LogP contribution in [0.2, 0.25) is 0 Å². The van der Waals surface area contributed by atoms with Crippen molar-refractivity contribution in [1.29, 1.82) is 0 Å². The number of nitrogens with zero attached hydrogens (tertiary/aromatic N) is 3. The topological polar surface area (TPSA) is 77.8 Å². The molecule has 28 heavy (non-hydrogen) atoms. The number of nitrogens with one attached hydrogen (secondary N) is 1. The number of carbonyl (C=O) groups is 1. The second kappa shape index (κ2) is 7.25. The largest absolute Gasteiger partial charge is 0.321 e. The van der Waals surface area contributed by atoms with E-state index in [1.165, 1.54) is 0 Å². The van der Waals surface area contributed by atoms with Crippen LogP contribution < -0.4 is 10.4 Å². The number of hydrogen-bond acceptors (Lipinski definition) is 5. The van der Waals surface area contributed by atoms with Crippen LogP contribution in [0.5, 0.6) is 0 Å². The molecule has 140 valence electrons. The highest BCUT2D eigenvalue weighted by molar-refractivity contribution is 6.18. The highest BCUT2D eigenvalue weighted by Gasteiger charge is 2.26. The van der Waals surface area contributed by atoms with Crippen molar-refractivity contribution in [2.75, 3.05) is 4.90 Å². The number of fused-ring (bicyclic) bond motifs is 2. The molecule has 0 atom stereocenters. The fourth-order valence-corrected chi connectivity index (χ4v) is 3.42. The van der Waals surface area contributed by atoms with Gasteiger partial charge in [-0.3, -0.25) is 10.0 Å². The first-order valence-electron chi connectivity index (χ1n) is 9.07. The number of aliphatic imine (C=N–C) groups is 1. The van der Waals surface area contributed by atoms with Crippen molar-refractivity contribution in [1.82, 2.24) is 10.5 Å². The highest BCUT2D eigenvalue weighted by atomic mass is 16.5. The molecular weight excluding hydrogens is 352 g/mol. The van der Waals surface area contributed by atoms with Gasteiger partial charge in [-0.25, -0.2) is 15.5 Å². The lowest BCUT2D eigenvalue weighted by atomic mass is 10.0. The van der Waals surface area contributed by atoms with Crippen molar-refractivity contribution in [2.45, 2.75) is 19.9 Å². The van der Waals surface area contributed by atoms with Crippen LogP contribution in [-0.2, 0) is 0 Å². The summed E-state index contributed by atoms with van der Waals surface area (Å²) in [7, 11) is 0. The number of amides is 1. The quantitative estimate of drug-likeness (QED) is 0.533. The number of pyridine rings is 1. The number of para-hydroxylation sites is 2. The van der Waals surface area contributed by atoms with Gasteiger partial charge in [0.2, 0.25) is 0 Å². The van der Waals surface area contributed by atoms with Crippen molar-refractivity contribution >= 4 is 28.8 Å². The van der Waals surface area contributed by atoms with Gasteiger partial charge in [0.05, 0.1) is 17.1 Å². The molecule has 1 aliphatic rings.